The van der Waals surface area contributed by atoms with Crippen molar-refractivity contribution in [2.45, 2.75) is 20.6 Å². The van der Waals surface area contributed by atoms with Gasteiger partial charge in [0.1, 0.15) is 0 Å². The molecular formula is C23H30O3. The fraction of sp³-hybridized carbons (Fsp3) is 0.304. The highest BCUT2D eigenvalue weighted by molar-refractivity contribution is 5.47. The van der Waals surface area contributed by atoms with E-state index in [-0.39, 0.29) is 7.43 Å². The molecule has 0 radical (unpaired) electrons. The fourth-order valence-electron chi connectivity index (χ4n) is 2.22. The fourth-order valence-corrected chi connectivity index (χ4v) is 2.22. The van der Waals surface area contributed by atoms with Gasteiger partial charge < -0.3 is 14.2 Å². The van der Waals surface area contributed by atoms with Crippen molar-refractivity contribution < 1.29 is 14.2 Å². The van der Waals surface area contributed by atoms with Gasteiger partial charge in [0.2, 0.25) is 0 Å². The molecule has 2 rings (SSSR count). The van der Waals surface area contributed by atoms with Gasteiger partial charge in [-0.05, 0) is 22.3 Å². The molecular weight excluding hydrogens is 324 g/mol. The van der Waals surface area contributed by atoms with Crippen molar-refractivity contribution in [3.8, 4) is 0 Å². The molecule has 0 aliphatic carbocycles. The van der Waals surface area contributed by atoms with E-state index in [0.717, 1.165) is 22.3 Å². The number of benzene rings is 2. The minimum absolute atomic E-state index is 0. The number of hydrogen-bond acceptors (Lipinski definition) is 3. The number of rotatable bonds is 12. The van der Waals surface area contributed by atoms with Crippen molar-refractivity contribution >= 4 is 12.2 Å². The van der Waals surface area contributed by atoms with E-state index in [1.54, 1.807) is 0 Å². The Labute approximate surface area is 157 Å². The van der Waals surface area contributed by atoms with E-state index in [9.17, 15) is 0 Å². The largest absolute Gasteiger partial charge is 0.377 e. The summed E-state index contributed by atoms with van der Waals surface area (Å²) in [6, 6.07) is 16.3. The van der Waals surface area contributed by atoms with Crippen LogP contribution in [0.1, 0.15) is 29.7 Å². The lowest BCUT2D eigenvalue weighted by molar-refractivity contribution is 0.00704. The summed E-state index contributed by atoms with van der Waals surface area (Å²) < 4.78 is 16.7. The van der Waals surface area contributed by atoms with Gasteiger partial charge in [-0.25, -0.2) is 0 Å². The summed E-state index contributed by atoms with van der Waals surface area (Å²) in [5, 5.41) is 0. The molecule has 0 aliphatic heterocycles. The third-order valence-electron chi connectivity index (χ3n) is 3.71. The minimum atomic E-state index is 0. The Balaban J connectivity index is 0.00000338. The van der Waals surface area contributed by atoms with Gasteiger partial charge in [0.15, 0.2) is 0 Å². The molecule has 3 heteroatoms. The highest BCUT2D eigenvalue weighted by Crippen LogP contribution is 2.07. The maximum Gasteiger partial charge on any atom is 0.0718 e. The molecule has 0 heterocycles. The Morgan fingerprint density at radius 1 is 0.577 bits per heavy atom. The zero-order chi connectivity index (χ0) is 17.7. The van der Waals surface area contributed by atoms with E-state index in [1.165, 1.54) is 0 Å². The molecule has 0 amide bonds. The average molecular weight is 354 g/mol. The van der Waals surface area contributed by atoms with Gasteiger partial charge in [-0.3, -0.25) is 0 Å². The maximum absolute atomic E-state index is 5.59. The summed E-state index contributed by atoms with van der Waals surface area (Å²) in [4.78, 5) is 0. The third-order valence-corrected chi connectivity index (χ3v) is 3.71. The minimum Gasteiger partial charge on any atom is -0.377 e. The highest BCUT2D eigenvalue weighted by Gasteiger charge is 1.96. The Hall–Kier alpha value is -2.20. The molecule has 0 atom stereocenters. The van der Waals surface area contributed by atoms with Crippen molar-refractivity contribution in [3.05, 3.63) is 83.9 Å². The topological polar surface area (TPSA) is 27.7 Å². The standard InChI is InChI=1S/C22H26O3.CH4/c1-3-19-5-9-21(10-6-19)17-24-15-13-23-14-16-25-18-22-11-7-20(4-2)8-12-22;/h3-12H,1-2,13-18H2;1H4. The van der Waals surface area contributed by atoms with Crippen molar-refractivity contribution in [2.24, 2.45) is 0 Å². The van der Waals surface area contributed by atoms with E-state index < -0.39 is 0 Å². The molecule has 3 nitrogen and oxygen atoms in total. The molecule has 0 unspecified atom stereocenters. The first kappa shape index (κ1) is 21.8. The first-order valence-electron chi connectivity index (χ1n) is 8.48. The van der Waals surface area contributed by atoms with Crippen LogP contribution in [0.3, 0.4) is 0 Å². The highest BCUT2D eigenvalue weighted by atomic mass is 16.5. The van der Waals surface area contributed by atoms with Crippen molar-refractivity contribution in [2.75, 3.05) is 26.4 Å². The van der Waals surface area contributed by atoms with Crippen molar-refractivity contribution in [1.82, 2.24) is 0 Å². The van der Waals surface area contributed by atoms with Crippen LogP contribution in [0.25, 0.3) is 12.2 Å². The predicted octanol–water partition coefficient (Wildman–Crippen LogP) is 5.36. The molecule has 0 aliphatic rings. The summed E-state index contributed by atoms with van der Waals surface area (Å²) in [7, 11) is 0. The Kier molecular flexibility index (Phi) is 11.0. The normalized spacial score (nSPS) is 10.2. The van der Waals surface area contributed by atoms with Gasteiger partial charge in [-0.15, -0.1) is 0 Å². The van der Waals surface area contributed by atoms with Crippen molar-refractivity contribution in [1.29, 1.82) is 0 Å². The first-order valence-corrected chi connectivity index (χ1v) is 8.48. The quantitative estimate of drug-likeness (QED) is 0.480. The van der Waals surface area contributed by atoms with Crippen LogP contribution in [0.15, 0.2) is 61.7 Å². The number of hydrogen-bond donors (Lipinski definition) is 0. The Morgan fingerprint density at radius 2 is 0.923 bits per heavy atom. The van der Waals surface area contributed by atoms with Gasteiger partial charge >= 0.3 is 0 Å². The monoisotopic (exact) mass is 354 g/mol. The smallest absolute Gasteiger partial charge is 0.0718 e. The second-order valence-corrected chi connectivity index (χ2v) is 5.61. The molecule has 140 valence electrons. The van der Waals surface area contributed by atoms with E-state index >= 15 is 0 Å². The average Bonchev–Trinajstić information content (AvgIpc) is 2.67. The van der Waals surface area contributed by atoms with E-state index in [2.05, 4.69) is 13.2 Å². The zero-order valence-electron chi connectivity index (χ0n) is 14.7. The van der Waals surface area contributed by atoms with Crippen LogP contribution in [0, 0.1) is 0 Å². The lowest BCUT2D eigenvalue weighted by Crippen LogP contribution is -2.09. The predicted molar refractivity (Wildman–Crippen MR) is 110 cm³/mol. The van der Waals surface area contributed by atoms with Crippen LogP contribution in [0.5, 0.6) is 0 Å². The summed E-state index contributed by atoms with van der Waals surface area (Å²) in [6.45, 7) is 11.0. The lowest BCUT2D eigenvalue weighted by atomic mass is 10.1. The molecule has 2 aromatic carbocycles. The summed E-state index contributed by atoms with van der Waals surface area (Å²) in [5.41, 5.74) is 4.53. The van der Waals surface area contributed by atoms with Crippen LogP contribution in [0.4, 0.5) is 0 Å². The summed E-state index contributed by atoms with van der Waals surface area (Å²) >= 11 is 0. The van der Waals surface area contributed by atoms with Gasteiger partial charge in [0, 0.05) is 0 Å². The lowest BCUT2D eigenvalue weighted by Gasteiger charge is -2.07. The molecule has 0 saturated heterocycles. The molecule has 26 heavy (non-hydrogen) atoms. The van der Waals surface area contributed by atoms with Gasteiger partial charge in [-0.2, -0.15) is 0 Å². The molecule has 0 spiro atoms. The summed E-state index contributed by atoms with van der Waals surface area (Å²) in [5.74, 6) is 0. The Bertz CT molecular complexity index is 572. The summed E-state index contributed by atoms with van der Waals surface area (Å²) in [6.07, 6.45) is 3.66. The second kappa shape index (κ2) is 13.1. The molecule has 0 N–H and O–H groups in total. The van der Waals surface area contributed by atoms with E-state index in [4.69, 9.17) is 14.2 Å². The molecule has 0 saturated carbocycles. The van der Waals surface area contributed by atoms with E-state index in [1.807, 2.05) is 60.7 Å². The van der Waals surface area contributed by atoms with Crippen LogP contribution in [0.2, 0.25) is 0 Å². The first-order chi connectivity index (χ1) is 12.3. The molecule has 2 aromatic rings. The molecule has 0 aromatic heterocycles. The maximum atomic E-state index is 5.59. The van der Waals surface area contributed by atoms with Crippen LogP contribution < -0.4 is 0 Å². The van der Waals surface area contributed by atoms with Crippen molar-refractivity contribution in [3.63, 3.8) is 0 Å². The van der Waals surface area contributed by atoms with Gasteiger partial charge in [-0.1, -0.05) is 81.3 Å². The van der Waals surface area contributed by atoms with Crippen LogP contribution >= 0.6 is 0 Å². The van der Waals surface area contributed by atoms with E-state index in [0.29, 0.717) is 39.6 Å². The van der Waals surface area contributed by atoms with Gasteiger partial charge in [0.25, 0.3) is 0 Å². The van der Waals surface area contributed by atoms with Crippen LogP contribution in [-0.2, 0) is 27.4 Å². The third kappa shape index (κ3) is 8.26. The number of ether oxygens (including phenoxy) is 3. The van der Waals surface area contributed by atoms with Gasteiger partial charge in [0.05, 0.1) is 39.6 Å². The molecule has 0 bridgehead atoms. The zero-order valence-corrected chi connectivity index (χ0v) is 14.7. The Morgan fingerprint density at radius 3 is 1.27 bits per heavy atom. The molecule has 0 fully saturated rings. The SMILES string of the molecule is C.C=Cc1ccc(COCCOCCOCc2ccc(C=C)cc2)cc1. The van der Waals surface area contributed by atoms with Crippen LogP contribution in [-0.4, -0.2) is 26.4 Å². The second-order valence-electron chi connectivity index (χ2n) is 5.61.